The molecule has 0 aliphatic rings. The quantitative estimate of drug-likeness (QED) is 0.679. The van der Waals surface area contributed by atoms with Crippen LogP contribution in [0.4, 0.5) is 0 Å². The number of carbonyl (C=O) groups excluding carboxylic acids is 1. The fraction of sp³-hybridized carbons (Fsp3) is 0.800. The van der Waals surface area contributed by atoms with E-state index in [9.17, 15) is 9.59 Å². The molecule has 0 unspecified atom stereocenters. The van der Waals surface area contributed by atoms with Crippen molar-refractivity contribution >= 4 is 11.9 Å². The predicted molar refractivity (Wildman–Crippen MR) is 55.2 cm³/mol. The molecule has 0 aliphatic carbocycles. The second kappa shape index (κ2) is 5.11. The zero-order valence-electron chi connectivity index (χ0n) is 9.61. The van der Waals surface area contributed by atoms with Crippen molar-refractivity contribution in [3.63, 3.8) is 0 Å². The van der Waals surface area contributed by atoms with Crippen molar-refractivity contribution in [1.82, 2.24) is 0 Å². The molecule has 0 aromatic rings. The fourth-order valence-corrected chi connectivity index (χ4v) is 1.12. The smallest absolute Gasteiger partial charge is 0.321 e. The van der Waals surface area contributed by atoms with Crippen molar-refractivity contribution < 1.29 is 19.4 Å². The van der Waals surface area contributed by atoms with Crippen molar-refractivity contribution in [3.8, 4) is 0 Å². The number of ether oxygens (including phenoxy) is 1. The number of hydrogen-bond acceptors (Lipinski definition) is 4. The molecule has 0 amide bonds. The Balaban J connectivity index is 4.55. The Hall–Kier alpha value is -1.10. The van der Waals surface area contributed by atoms with Gasteiger partial charge in [0.2, 0.25) is 0 Å². The average molecular weight is 217 g/mol. The molecule has 5 nitrogen and oxygen atoms in total. The third-order valence-electron chi connectivity index (χ3n) is 1.87. The molecule has 0 aromatic carbocycles. The van der Waals surface area contributed by atoms with Gasteiger partial charge in [0, 0.05) is 0 Å². The third kappa shape index (κ3) is 4.78. The van der Waals surface area contributed by atoms with Crippen LogP contribution in [0.3, 0.4) is 0 Å². The minimum Gasteiger partial charge on any atom is -0.480 e. The van der Waals surface area contributed by atoms with E-state index in [1.165, 1.54) is 0 Å². The first kappa shape index (κ1) is 13.9. The van der Waals surface area contributed by atoms with Gasteiger partial charge in [0.15, 0.2) is 0 Å². The SMILES string of the molecule is CC[C@@H](C(=O)OC(C)(C)C)[C@H](N)C(=O)O. The van der Waals surface area contributed by atoms with Crippen LogP contribution in [-0.2, 0) is 14.3 Å². The Morgan fingerprint density at radius 2 is 1.87 bits per heavy atom. The number of esters is 1. The standard InChI is InChI=1S/C10H19NO4/c1-5-6(7(11)8(12)13)9(14)15-10(2,3)4/h6-7H,5,11H2,1-4H3,(H,12,13)/t6-,7+/m1/s1. The molecular formula is C10H19NO4. The number of carboxylic acids is 1. The van der Waals surface area contributed by atoms with E-state index in [4.69, 9.17) is 15.6 Å². The Labute approximate surface area is 89.6 Å². The average Bonchev–Trinajstić information content (AvgIpc) is 2.01. The highest BCUT2D eigenvalue weighted by molar-refractivity contribution is 5.83. The largest absolute Gasteiger partial charge is 0.480 e. The van der Waals surface area contributed by atoms with E-state index in [0.29, 0.717) is 6.42 Å². The Bertz CT molecular complexity index is 244. The van der Waals surface area contributed by atoms with Crippen molar-refractivity contribution in [2.75, 3.05) is 0 Å². The highest BCUT2D eigenvalue weighted by atomic mass is 16.6. The molecule has 0 heterocycles. The lowest BCUT2D eigenvalue weighted by atomic mass is 9.97. The highest BCUT2D eigenvalue weighted by Crippen LogP contribution is 2.15. The van der Waals surface area contributed by atoms with Gasteiger partial charge in [-0.15, -0.1) is 0 Å². The number of hydrogen-bond donors (Lipinski definition) is 2. The normalized spacial score (nSPS) is 15.5. The van der Waals surface area contributed by atoms with Gasteiger partial charge < -0.3 is 15.6 Å². The molecule has 0 bridgehead atoms. The van der Waals surface area contributed by atoms with E-state index in [1.807, 2.05) is 0 Å². The van der Waals surface area contributed by atoms with Crippen LogP contribution >= 0.6 is 0 Å². The minimum absolute atomic E-state index is 0.350. The van der Waals surface area contributed by atoms with Gasteiger partial charge in [-0.1, -0.05) is 6.92 Å². The molecule has 15 heavy (non-hydrogen) atoms. The first-order valence-electron chi connectivity index (χ1n) is 4.90. The maximum Gasteiger partial charge on any atom is 0.321 e. The topological polar surface area (TPSA) is 89.6 Å². The summed E-state index contributed by atoms with van der Waals surface area (Å²) in [6.45, 7) is 6.88. The Kier molecular flexibility index (Phi) is 4.74. The van der Waals surface area contributed by atoms with Gasteiger partial charge in [-0.2, -0.15) is 0 Å². The van der Waals surface area contributed by atoms with Gasteiger partial charge in [0.1, 0.15) is 11.6 Å². The van der Waals surface area contributed by atoms with E-state index in [1.54, 1.807) is 27.7 Å². The zero-order chi connectivity index (χ0) is 12.2. The summed E-state index contributed by atoms with van der Waals surface area (Å²) >= 11 is 0. The molecule has 3 N–H and O–H groups in total. The highest BCUT2D eigenvalue weighted by Gasteiger charge is 2.32. The van der Waals surface area contributed by atoms with Crippen LogP contribution in [0.25, 0.3) is 0 Å². The van der Waals surface area contributed by atoms with Crippen LogP contribution in [0, 0.1) is 5.92 Å². The maximum absolute atomic E-state index is 11.6. The van der Waals surface area contributed by atoms with Gasteiger partial charge in [0.25, 0.3) is 0 Å². The molecule has 2 atom stereocenters. The van der Waals surface area contributed by atoms with Crippen LogP contribution < -0.4 is 5.73 Å². The van der Waals surface area contributed by atoms with Crippen molar-refractivity contribution in [1.29, 1.82) is 0 Å². The van der Waals surface area contributed by atoms with Gasteiger partial charge >= 0.3 is 11.9 Å². The molecule has 0 radical (unpaired) electrons. The molecule has 88 valence electrons. The first-order valence-corrected chi connectivity index (χ1v) is 4.90. The van der Waals surface area contributed by atoms with Crippen molar-refractivity contribution in [3.05, 3.63) is 0 Å². The van der Waals surface area contributed by atoms with Crippen LogP contribution in [-0.4, -0.2) is 28.7 Å². The van der Waals surface area contributed by atoms with Gasteiger partial charge in [-0.3, -0.25) is 9.59 Å². The summed E-state index contributed by atoms with van der Waals surface area (Å²) in [6.07, 6.45) is 0.350. The van der Waals surface area contributed by atoms with E-state index in [-0.39, 0.29) is 0 Å². The number of rotatable bonds is 4. The second-order valence-corrected chi connectivity index (χ2v) is 4.41. The Morgan fingerprint density at radius 3 is 2.13 bits per heavy atom. The number of carboxylic acid groups (broad SMARTS) is 1. The summed E-state index contributed by atoms with van der Waals surface area (Å²) in [5, 5.41) is 8.70. The van der Waals surface area contributed by atoms with Crippen molar-refractivity contribution in [2.24, 2.45) is 11.7 Å². The molecule has 0 rings (SSSR count). The van der Waals surface area contributed by atoms with Gasteiger partial charge in [-0.05, 0) is 27.2 Å². The molecule has 5 heteroatoms. The first-order chi connectivity index (χ1) is 6.69. The summed E-state index contributed by atoms with van der Waals surface area (Å²) in [5.74, 6) is -2.53. The number of nitrogens with two attached hydrogens (primary N) is 1. The molecule has 0 fully saturated rings. The van der Waals surface area contributed by atoms with Crippen molar-refractivity contribution in [2.45, 2.75) is 45.8 Å². The molecular weight excluding hydrogens is 198 g/mol. The molecule has 0 saturated heterocycles. The van der Waals surface area contributed by atoms with Crippen LogP contribution in [0.15, 0.2) is 0 Å². The molecule has 0 aliphatic heterocycles. The lowest BCUT2D eigenvalue weighted by Crippen LogP contribution is -2.44. The summed E-state index contributed by atoms with van der Waals surface area (Å²) in [5.41, 5.74) is 4.77. The summed E-state index contributed by atoms with van der Waals surface area (Å²) < 4.78 is 5.08. The molecule has 0 spiro atoms. The maximum atomic E-state index is 11.6. The number of carbonyl (C=O) groups is 2. The van der Waals surface area contributed by atoms with Crippen LogP contribution in [0.2, 0.25) is 0 Å². The lowest BCUT2D eigenvalue weighted by Gasteiger charge is -2.24. The summed E-state index contributed by atoms with van der Waals surface area (Å²) in [4.78, 5) is 22.2. The van der Waals surface area contributed by atoms with Crippen LogP contribution in [0.5, 0.6) is 0 Å². The summed E-state index contributed by atoms with van der Waals surface area (Å²) in [6, 6.07) is -1.20. The van der Waals surface area contributed by atoms with E-state index < -0.39 is 29.5 Å². The molecule has 0 aromatic heterocycles. The fourth-order valence-electron chi connectivity index (χ4n) is 1.12. The minimum atomic E-state index is -1.20. The monoisotopic (exact) mass is 217 g/mol. The summed E-state index contributed by atoms with van der Waals surface area (Å²) in [7, 11) is 0. The zero-order valence-corrected chi connectivity index (χ0v) is 9.61. The second-order valence-electron chi connectivity index (χ2n) is 4.41. The van der Waals surface area contributed by atoms with Crippen LogP contribution in [0.1, 0.15) is 34.1 Å². The lowest BCUT2D eigenvalue weighted by molar-refractivity contribution is -0.164. The van der Waals surface area contributed by atoms with E-state index in [0.717, 1.165) is 0 Å². The van der Waals surface area contributed by atoms with E-state index in [2.05, 4.69) is 0 Å². The third-order valence-corrected chi connectivity index (χ3v) is 1.87. The van der Waals surface area contributed by atoms with Gasteiger partial charge in [0.05, 0.1) is 5.92 Å². The molecule has 0 saturated carbocycles. The Morgan fingerprint density at radius 1 is 1.40 bits per heavy atom. The predicted octanol–water partition coefficient (Wildman–Crippen LogP) is 0.766. The van der Waals surface area contributed by atoms with E-state index >= 15 is 0 Å². The van der Waals surface area contributed by atoms with Gasteiger partial charge in [-0.25, -0.2) is 0 Å². The number of aliphatic carboxylic acids is 1.